The maximum absolute atomic E-state index is 13.9. The summed E-state index contributed by atoms with van der Waals surface area (Å²) in [5, 5.41) is 11.7. The van der Waals surface area contributed by atoms with Gasteiger partial charge < -0.3 is 10.6 Å². The number of benzene rings is 3. The van der Waals surface area contributed by atoms with Gasteiger partial charge in [-0.1, -0.05) is 66.7 Å². The molecule has 0 bridgehead atoms. The Hall–Kier alpha value is -3.81. The van der Waals surface area contributed by atoms with E-state index in [9.17, 15) is 18.0 Å². The van der Waals surface area contributed by atoms with Crippen molar-refractivity contribution in [3.63, 3.8) is 0 Å². The largest absolute Gasteiger partial charge is 0.410 e. The smallest absolute Gasteiger partial charge is 0.363 e. The molecule has 3 aromatic carbocycles. The molecule has 1 amide bonds. The van der Waals surface area contributed by atoms with Crippen LogP contribution in [0, 0.1) is 0 Å². The van der Waals surface area contributed by atoms with Crippen LogP contribution in [-0.2, 0) is 0 Å². The van der Waals surface area contributed by atoms with Crippen molar-refractivity contribution in [3.8, 4) is 0 Å². The Labute approximate surface area is 181 Å². The maximum Gasteiger partial charge on any atom is 0.410 e. The minimum absolute atomic E-state index is 0.0603. The molecular formula is C24H19F3N4O. The lowest BCUT2D eigenvalue weighted by Gasteiger charge is -2.34. The summed E-state index contributed by atoms with van der Waals surface area (Å²) in [5.41, 5.74) is 1.36. The Balaban J connectivity index is 1.52. The van der Waals surface area contributed by atoms with E-state index < -0.39 is 24.2 Å². The highest BCUT2D eigenvalue weighted by Crippen LogP contribution is 2.44. The summed E-state index contributed by atoms with van der Waals surface area (Å²) in [6, 6.07) is 19.5. The summed E-state index contributed by atoms with van der Waals surface area (Å²) in [7, 11) is 0. The summed E-state index contributed by atoms with van der Waals surface area (Å²) in [6.07, 6.45) is -3.53. The van der Waals surface area contributed by atoms with Gasteiger partial charge >= 0.3 is 6.18 Å². The molecule has 0 saturated heterocycles. The number of hydrogen-bond acceptors (Lipinski definition) is 3. The molecule has 5 nitrogen and oxygen atoms in total. The van der Waals surface area contributed by atoms with Crippen LogP contribution in [0.25, 0.3) is 10.8 Å². The van der Waals surface area contributed by atoms with Crippen LogP contribution in [0.15, 0.2) is 79.0 Å². The highest BCUT2D eigenvalue weighted by molar-refractivity contribution is 6.11. The molecular weight excluding hydrogens is 417 g/mol. The van der Waals surface area contributed by atoms with Crippen LogP contribution in [0.4, 0.5) is 24.7 Å². The number of alkyl halides is 3. The van der Waals surface area contributed by atoms with Crippen molar-refractivity contribution < 1.29 is 18.0 Å². The second-order valence-corrected chi connectivity index (χ2v) is 7.73. The molecule has 2 N–H and O–H groups in total. The monoisotopic (exact) mass is 436 g/mol. The molecule has 162 valence electrons. The summed E-state index contributed by atoms with van der Waals surface area (Å²) < 4.78 is 42.4. The first-order valence-electron chi connectivity index (χ1n) is 10.2. The molecule has 5 rings (SSSR count). The van der Waals surface area contributed by atoms with Gasteiger partial charge in [0.05, 0.1) is 12.2 Å². The fourth-order valence-electron chi connectivity index (χ4n) is 4.16. The second kappa shape index (κ2) is 7.71. The predicted octanol–water partition coefficient (Wildman–Crippen LogP) is 5.95. The average molecular weight is 436 g/mol. The standard InChI is InChI=1S/C24H19F3N4O/c25-24(26,27)21-13-20(16-8-2-1-3-9-16)29-22-18(14-28-31(21)22)23(32)30-19-12-6-10-15-7-4-5-11-17(15)19/h1-12,14,20-21,29H,13H2,(H,30,32)/t20-,21-/m0/s1. The lowest BCUT2D eigenvalue weighted by molar-refractivity contribution is -0.173. The molecule has 8 heteroatoms. The topological polar surface area (TPSA) is 59.0 Å². The van der Waals surface area contributed by atoms with Gasteiger partial charge in [-0.3, -0.25) is 4.79 Å². The van der Waals surface area contributed by atoms with Crippen LogP contribution in [0.1, 0.15) is 34.4 Å². The van der Waals surface area contributed by atoms with E-state index in [2.05, 4.69) is 15.7 Å². The molecule has 0 spiro atoms. The number of nitrogens with zero attached hydrogens (tertiary/aromatic N) is 2. The quantitative estimate of drug-likeness (QED) is 0.417. The van der Waals surface area contributed by atoms with Gasteiger partial charge in [-0.15, -0.1) is 0 Å². The van der Waals surface area contributed by atoms with Crippen LogP contribution in [0.5, 0.6) is 0 Å². The predicted molar refractivity (Wildman–Crippen MR) is 117 cm³/mol. The fraction of sp³-hybridized carbons (Fsp3) is 0.167. The number of fused-ring (bicyclic) bond motifs is 2. The van der Waals surface area contributed by atoms with Crippen molar-refractivity contribution >= 4 is 28.2 Å². The Morgan fingerprint density at radius 2 is 1.72 bits per heavy atom. The van der Waals surface area contributed by atoms with Gasteiger partial charge in [-0.25, -0.2) is 4.68 Å². The van der Waals surface area contributed by atoms with E-state index in [1.54, 1.807) is 36.4 Å². The van der Waals surface area contributed by atoms with Crippen molar-refractivity contribution in [2.45, 2.75) is 24.7 Å². The number of carbonyl (C=O) groups excluding carboxylic acids is 1. The van der Waals surface area contributed by atoms with E-state index in [1.807, 2.05) is 36.4 Å². The molecule has 4 aromatic rings. The summed E-state index contributed by atoms with van der Waals surface area (Å²) in [5.74, 6) is -0.463. The molecule has 1 aromatic heterocycles. The number of nitrogens with one attached hydrogen (secondary N) is 2. The first-order chi connectivity index (χ1) is 15.4. The van der Waals surface area contributed by atoms with Gasteiger partial charge in [-0.2, -0.15) is 18.3 Å². The zero-order valence-electron chi connectivity index (χ0n) is 16.8. The Kier molecular flexibility index (Phi) is 4.84. The Bertz CT molecular complexity index is 1280. The number of aromatic nitrogens is 2. The van der Waals surface area contributed by atoms with Crippen molar-refractivity contribution in [1.29, 1.82) is 0 Å². The summed E-state index contributed by atoms with van der Waals surface area (Å²) in [4.78, 5) is 13.1. The van der Waals surface area contributed by atoms with E-state index in [4.69, 9.17) is 0 Å². The lowest BCUT2D eigenvalue weighted by atomic mass is 9.96. The zero-order chi connectivity index (χ0) is 22.3. The van der Waals surface area contributed by atoms with Gasteiger partial charge in [0.2, 0.25) is 0 Å². The average Bonchev–Trinajstić information content (AvgIpc) is 3.23. The molecule has 0 fully saturated rings. The molecule has 32 heavy (non-hydrogen) atoms. The van der Waals surface area contributed by atoms with E-state index in [0.29, 0.717) is 5.69 Å². The van der Waals surface area contributed by atoms with E-state index >= 15 is 0 Å². The minimum atomic E-state index is -4.50. The number of rotatable bonds is 3. The van der Waals surface area contributed by atoms with Crippen LogP contribution in [0.2, 0.25) is 0 Å². The van der Waals surface area contributed by atoms with Gasteiger partial charge in [0.15, 0.2) is 6.04 Å². The van der Waals surface area contributed by atoms with Crippen molar-refractivity contribution in [2.75, 3.05) is 10.6 Å². The van der Waals surface area contributed by atoms with Crippen molar-refractivity contribution in [2.24, 2.45) is 0 Å². The van der Waals surface area contributed by atoms with Crippen molar-refractivity contribution in [3.05, 3.63) is 90.1 Å². The van der Waals surface area contributed by atoms with Crippen molar-refractivity contribution in [1.82, 2.24) is 9.78 Å². The third-order valence-electron chi connectivity index (χ3n) is 5.72. The number of halogens is 3. The van der Waals surface area contributed by atoms with Crippen LogP contribution < -0.4 is 10.6 Å². The lowest BCUT2D eigenvalue weighted by Crippen LogP contribution is -2.36. The molecule has 0 radical (unpaired) electrons. The zero-order valence-corrected chi connectivity index (χ0v) is 16.8. The molecule has 0 unspecified atom stereocenters. The third-order valence-corrected chi connectivity index (χ3v) is 5.72. The number of hydrogen-bond donors (Lipinski definition) is 2. The Morgan fingerprint density at radius 3 is 2.50 bits per heavy atom. The fourth-order valence-corrected chi connectivity index (χ4v) is 4.16. The first kappa shape index (κ1) is 20.1. The molecule has 0 aliphatic carbocycles. The van der Waals surface area contributed by atoms with E-state index in [1.165, 1.54) is 6.20 Å². The van der Waals surface area contributed by atoms with Crippen LogP contribution >= 0.6 is 0 Å². The summed E-state index contributed by atoms with van der Waals surface area (Å²) in [6.45, 7) is 0. The van der Waals surface area contributed by atoms with Crippen LogP contribution in [-0.4, -0.2) is 21.9 Å². The van der Waals surface area contributed by atoms with E-state index in [-0.39, 0.29) is 17.8 Å². The highest BCUT2D eigenvalue weighted by Gasteiger charge is 2.47. The van der Waals surface area contributed by atoms with Gasteiger partial charge in [-0.05, 0) is 17.0 Å². The highest BCUT2D eigenvalue weighted by atomic mass is 19.4. The minimum Gasteiger partial charge on any atom is -0.363 e. The molecule has 0 saturated carbocycles. The molecule has 1 aliphatic rings. The van der Waals surface area contributed by atoms with Gasteiger partial charge in [0.25, 0.3) is 5.91 Å². The summed E-state index contributed by atoms with van der Waals surface area (Å²) >= 11 is 0. The maximum atomic E-state index is 13.9. The number of amides is 1. The van der Waals surface area contributed by atoms with E-state index in [0.717, 1.165) is 21.0 Å². The van der Waals surface area contributed by atoms with Crippen LogP contribution in [0.3, 0.4) is 0 Å². The van der Waals surface area contributed by atoms with Gasteiger partial charge in [0.1, 0.15) is 11.4 Å². The first-order valence-corrected chi connectivity index (χ1v) is 10.2. The molecule has 2 atom stereocenters. The molecule has 2 heterocycles. The van der Waals surface area contributed by atoms with Gasteiger partial charge in [0, 0.05) is 17.5 Å². The SMILES string of the molecule is O=C(Nc1cccc2ccccc12)c1cnn2c1N[C@H](c1ccccc1)C[C@H]2C(F)(F)F. The third kappa shape index (κ3) is 3.57. The second-order valence-electron chi connectivity index (χ2n) is 7.73. The normalized spacial score (nSPS) is 18.1. The Morgan fingerprint density at radius 1 is 1.00 bits per heavy atom. The number of carbonyl (C=O) groups is 1. The molecule has 1 aliphatic heterocycles. The number of anilines is 2.